The zero-order valence-corrected chi connectivity index (χ0v) is 15.9. The van der Waals surface area contributed by atoms with Crippen molar-refractivity contribution in [1.82, 2.24) is 10.5 Å². The fraction of sp³-hybridized carbons (Fsp3) is 0.444. The molecule has 0 radical (unpaired) electrons. The smallest absolute Gasteiger partial charge is 0.226 e. The zero-order chi connectivity index (χ0) is 18.6. The van der Waals surface area contributed by atoms with Gasteiger partial charge in [0.1, 0.15) is 0 Å². The molecule has 1 saturated heterocycles. The molecule has 6 nitrogen and oxygen atoms in total. The van der Waals surface area contributed by atoms with Gasteiger partial charge in [0.15, 0.2) is 15.6 Å². The summed E-state index contributed by atoms with van der Waals surface area (Å²) in [5, 5.41) is 7.41. The number of carbonyl (C=O) groups excluding carboxylic acids is 1. The van der Waals surface area contributed by atoms with Crippen LogP contribution in [0.15, 0.2) is 34.9 Å². The van der Waals surface area contributed by atoms with Crippen molar-refractivity contribution < 1.29 is 17.7 Å². The minimum Gasteiger partial charge on any atom is -0.356 e. The molecule has 0 aliphatic carbocycles. The Balaban J connectivity index is 1.40. The van der Waals surface area contributed by atoms with Crippen LogP contribution in [0.3, 0.4) is 0 Å². The molecule has 1 unspecified atom stereocenters. The fourth-order valence-corrected chi connectivity index (χ4v) is 5.13. The molecule has 1 amide bonds. The van der Waals surface area contributed by atoms with Gasteiger partial charge in [-0.25, -0.2) is 8.42 Å². The number of halogens is 1. The molecular weight excluding hydrogens is 376 g/mol. The van der Waals surface area contributed by atoms with Crippen molar-refractivity contribution in [1.29, 1.82) is 0 Å². The molecule has 1 aliphatic rings. The van der Waals surface area contributed by atoms with Crippen LogP contribution in [0.5, 0.6) is 0 Å². The maximum atomic E-state index is 12.0. The third-order valence-electron chi connectivity index (χ3n) is 4.47. The molecular formula is C18H21ClN2O4S. The summed E-state index contributed by atoms with van der Waals surface area (Å²) in [5.74, 6) is 1.28. The van der Waals surface area contributed by atoms with E-state index in [2.05, 4.69) is 10.5 Å². The average Bonchev–Trinajstić information content (AvgIpc) is 3.18. The van der Waals surface area contributed by atoms with Crippen LogP contribution in [-0.4, -0.2) is 37.5 Å². The predicted molar refractivity (Wildman–Crippen MR) is 99.7 cm³/mol. The van der Waals surface area contributed by atoms with E-state index in [1.807, 2.05) is 12.1 Å². The van der Waals surface area contributed by atoms with Gasteiger partial charge < -0.3 is 9.84 Å². The highest BCUT2D eigenvalue weighted by molar-refractivity contribution is 7.91. The second-order valence-electron chi connectivity index (χ2n) is 6.63. The second-order valence-corrected chi connectivity index (χ2v) is 9.29. The molecule has 1 aromatic heterocycles. The molecule has 8 heteroatoms. The van der Waals surface area contributed by atoms with Gasteiger partial charge in [0.25, 0.3) is 0 Å². The van der Waals surface area contributed by atoms with Gasteiger partial charge >= 0.3 is 0 Å². The van der Waals surface area contributed by atoms with Gasteiger partial charge in [0.05, 0.1) is 23.6 Å². The quantitative estimate of drug-likeness (QED) is 0.727. The highest BCUT2D eigenvalue weighted by atomic mass is 35.5. The summed E-state index contributed by atoms with van der Waals surface area (Å²) >= 11 is 5.86. The Morgan fingerprint density at radius 3 is 2.77 bits per heavy atom. The van der Waals surface area contributed by atoms with E-state index in [1.165, 1.54) is 0 Å². The number of amides is 1. The Hall–Kier alpha value is -1.86. The molecule has 1 N–H and O–H groups in total. The number of sulfone groups is 1. The highest BCUT2D eigenvalue weighted by Crippen LogP contribution is 2.23. The molecule has 140 valence electrons. The van der Waals surface area contributed by atoms with Gasteiger partial charge in [-0.1, -0.05) is 16.8 Å². The molecule has 1 aromatic carbocycles. The lowest BCUT2D eigenvalue weighted by Crippen LogP contribution is -2.26. The van der Waals surface area contributed by atoms with Crippen LogP contribution in [0, 0.1) is 5.92 Å². The lowest BCUT2D eigenvalue weighted by Gasteiger charge is -2.07. The Morgan fingerprint density at radius 1 is 1.31 bits per heavy atom. The van der Waals surface area contributed by atoms with E-state index in [1.54, 1.807) is 18.2 Å². The number of hydrogen-bond acceptors (Lipinski definition) is 5. The predicted octanol–water partition coefficient (Wildman–Crippen LogP) is 2.87. The van der Waals surface area contributed by atoms with Crippen molar-refractivity contribution in [2.45, 2.75) is 25.7 Å². The average molecular weight is 397 g/mol. The summed E-state index contributed by atoms with van der Waals surface area (Å²) in [7, 11) is -2.83. The van der Waals surface area contributed by atoms with E-state index in [9.17, 15) is 13.2 Å². The fourth-order valence-electron chi connectivity index (χ4n) is 3.09. The molecule has 1 atom stereocenters. The number of nitrogens with zero attached hydrogens (tertiary/aromatic N) is 1. The number of carbonyl (C=O) groups is 1. The maximum Gasteiger partial charge on any atom is 0.226 e. The topological polar surface area (TPSA) is 89.3 Å². The number of aromatic nitrogens is 1. The van der Waals surface area contributed by atoms with Gasteiger partial charge in [0, 0.05) is 23.2 Å². The summed E-state index contributed by atoms with van der Waals surface area (Å²) in [4.78, 5) is 12.0. The van der Waals surface area contributed by atoms with Gasteiger partial charge in [-0.2, -0.15) is 0 Å². The Kier molecular flexibility index (Phi) is 5.98. The molecule has 2 aromatic rings. The van der Waals surface area contributed by atoms with E-state index in [0.717, 1.165) is 24.8 Å². The van der Waals surface area contributed by atoms with Gasteiger partial charge in [-0.3, -0.25) is 4.79 Å². The number of rotatable bonds is 7. The molecule has 3 rings (SSSR count). The molecule has 26 heavy (non-hydrogen) atoms. The lowest BCUT2D eigenvalue weighted by molar-refractivity contribution is -0.120. The van der Waals surface area contributed by atoms with Crippen molar-refractivity contribution in [3.05, 3.63) is 41.0 Å². The van der Waals surface area contributed by atoms with E-state index < -0.39 is 9.84 Å². The Bertz CT molecular complexity index is 862. The number of hydrogen-bond donors (Lipinski definition) is 1. The largest absolute Gasteiger partial charge is 0.356 e. The van der Waals surface area contributed by atoms with E-state index in [4.69, 9.17) is 16.1 Å². The first-order valence-electron chi connectivity index (χ1n) is 8.60. The minimum absolute atomic E-state index is 0.125. The summed E-state index contributed by atoms with van der Waals surface area (Å²) in [6.45, 7) is 0.539. The van der Waals surface area contributed by atoms with Crippen molar-refractivity contribution in [2.24, 2.45) is 5.92 Å². The van der Waals surface area contributed by atoms with Crippen molar-refractivity contribution >= 4 is 27.3 Å². The van der Waals surface area contributed by atoms with Crippen LogP contribution in [0.1, 0.15) is 25.0 Å². The summed E-state index contributed by atoms with van der Waals surface area (Å²) in [6, 6.07) is 8.93. The summed E-state index contributed by atoms with van der Waals surface area (Å²) in [6.07, 6.45) is 2.49. The first-order valence-corrected chi connectivity index (χ1v) is 10.8. The SMILES string of the molecule is O=C(Cc1cc(-c2ccc(Cl)cc2)on1)NCCCC1CCS(=O)(=O)C1. The molecule has 0 bridgehead atoms. The first kappa shape index (κ1) is 18.9. The van der Waals surface area contributed by atoms with Gasteiger partial charge in [-0.05, 0) is 49.4 Å². The Labute approximate surface area is 157 Å². The van der Waals surface area contributed by atoms with E-state index in [-0.39, 0.29) is 24.0 Å². The third kappa shape index (κ3) is 5.32. The van der Waals surface area contributed by atoms with Crippen LogP contribution in [0.4, 0.5) is 0 Å². The van der Waals surface area contributed by atoms with Gasteiger partial charge in [0.2, 0.25) is 5.91 Å². The molecule has 0 spiro atoms. The highest BCUT2D eigenvalue weighted by Gasteiger charge is 2.27. The van der Waals surface area contributed by atoms with Crippen LogP contribution in [0.2, 0.25) is 5.02 Å². The van der Waals surface area contributed by atoms with Crippen LogP contribution >= 0.6 is 11.6 Å². The normalized spacial score (nSPS) is 18.7. The monoisotopic (exact) mass is 396 g/mol. The van der Waals surface area contributed by atoms with Gasteiger partial charge in [-0.15, -0.1) is 0 Å². The minimum atomic E-state index is -2.83. The first-order chi connectivity index (χ1) is 12.4. The molecule has 2 heterocycles. The number of benzene rings is 1. The number of nitrogens with one attached hydrogen (secondary N) is 1. The van der Waals surface area contributed by atoms with E-state index in [0.29, 0.717) is 28.8 Å². The second kappa shape index (κ2) is 8.22. The van der Waals surface area contributed by atoms with Crippen molar-refractivity contribution in [2.75, 3.05) is 18.1 Å². The molecule has 0 saturated carbocycles. The van der Waals surface area contributed by atoms with Crippen LogP contribution in [0.25, 0.3) is 11.3 Å². The van der Waals surface area contributed by atoms with E-state index >= 15 is 0 Å². The lowest BCUT2D eigenvalue weighted by atomic mass is 10.0. The molecule has 1 fully saturated rings. The van der Waals surface area contributed by atoms with Crippen molar-refractivity contribution in [3.8, 4) is 11.3 Å². The summed E-state index contributed by atoms with van der Waals surface area (Å²) in [5.41, 5.74) is 1.41. The maximum absolute atomic E-state index is 12.0. The Morgan fingerprint density at radius 2 is 2.08 bits per heavy atom. The zero-order valence-electron chi connectivity index (χ0n) is 14.3. The molecule has 1 aliphatic heterocycles. The third-order valence-corrected chi connectivity index (χ3v) is 6.56. The van der Waals surface area contributed by atoms with Crippen LogP contribution in [-0.2, 0) is 21.1 Å². The standard InChI is InChI=1S/C18H21ClN2O4S/c19-15-5-3-14(4-6-15)17-10-16(21-25-17)11-18(22)20-8-1-2-13-7-9-26(23,24)12-13/h3-6,10,13H,1-2,7-9,11-12H2,(H,20,22). The van der Waals surface area contributed by atoms with Crippen LogP contribution < -0.4 is 5.32 Å². The van der Waals surface area contributed by atoms with Crippen molar-refractivity contribution in [3.63, 3.8) is 0 Å². The summed E-state index contributed by atoms with van der Waals surface area (Å²) < 4.78 is 28.1.